The molecule has 9 heteroatoms. The van der Waals surface area contributed by atoms with Crippen molar-refractivity contribution < 1.29 is 37.7 Å². The molecule has 1 saturated heterocycles. The normalized spacial score (nSPS) is 24.6. The van der Waals surface area contributed by atoms with Crippen molar-refractivity contribution in [3.63, 3.8) is 0 Å². The number of hydrogen-bond acceptors (Lipinski definition) is 7. The molecule has 0 unspecified atom stereocenters. The Hall–Kier alpha value is -2.94. The van der Waals surface area contributed by atoms with Crippen molar-refractivity contribution in [3.05, 3.63) is 36.3 Å². The molecule has 1 fully saturated rings. The lowest BCUT2D eigenvalue weighted by Gasteiger charge is -2.41. The van der Waals surface area contributed by atoms with Gasteiger partial charge in [-0.15, -0.1) is 0 Å². The molecular weight excluding hydrogens is 373 g/mol. The van der Waals surface area contributed by atoms with E-state index >= 15 is 0 Å². The fourth-order valence-corrected chi connectivity index (χ4v) is 3.33. The summed E-state index contributed by atoms with van der Waals surface area (Å²) in [6.07, 6.45) is -2.49. The van der Waals surface area contributed by atoms with Gasteiger partial charge in [0.25, 0.3) is 0 Å². The predicted octanol–water partition coefficient (Wildman–Crippen LogP) is 2.10. The molecule has 0 spiro atoms. The van der Waals surface area contributed by atoms with Crippen LogP contribution in [0, 0.1) is 5.82 Å². The predicted molar refractivity (Wildman–Crippen MR) is 93.5 cm³/mol. The molecule has 28 heavy (non-hydrogen) atoms. The molecule has 1 aliphatic rings. The fraction of sp³-hybridized carbons (Fsp3) is 0.421. The third kappa shape index (κ3) is 3.99. The highest BCUT2D eigenvalue weighted by atomic mass is 19.1. The van der Waals surface area contributed by atoms with Crippen molar-refractivity contribution in [2.24, 2.45) is 0 Å². The van der Waals surface area contributed by atoms with Crippen LogP contribution in [0.3, 0.4) is 0 Å². The van der Waals surface area contributed by atoms with Crippen LogP contribution in [0.1, 0.15) is 27.0 Å². The number of nitrogens with zero attached hydrogens (tertiary/aromatic N) is 1. The summed E-state index contributed by atoms with van der Waals surface area (Å²) in [5.74, 6) is -2.28. The van der Waals surface area contributed by atoms with E-state index in [1.54, 1.807) is 29.0 Å². The maximum atomic E-state index is 14.1. The topological polar surface area (TPSA) is 93.1 Å². The van der Waals surface area contributed by atoms with E-state index in [0.29, 0.717) is 10.9 Å². The van der Waals surface area contributed by atoms with E-state index in [-0.39, 0.29) is 6.61 Å². The average molecular weight is 393 g/mol. The number of fused-ring (bicyclic) bond motifs is 1. The van der Waals surface area contributed by atoms with Crippen molar-refractivity contribution in [2.75, 3.05) is 6.61 Å². The number of ether oxygens (including phenoxy) is 4. The zero-order valence-corrected chi connectivity index (χ0v) is 15.6. The van der Waals surface area contributed by atoms with Crippen molar-refractivity contribution in [1.82, 2.24) is 4.57 Å². The van der Waals surface area contributed by atoms with E-state index in [4.69, 9.17) is 18.9 Å². The van der Waals surface area contributed by atoms with Crippen molar-refractivity contribution in [1.29, 1.82) is 0 Å². The molecule has 1 aliphatic heterocycles. The second kappa shape index (κ2) is 7.97. The minimum atomic E-state index is -1.11. The van der Waals surface area contributed by atoms with Gasteiger partial charge in [-0.05, 0) is 18.2 Å². The summed E-state index contributed by atoms with van der Waals surface area (Å²) in [5.41, 5.74) is 0.509. The first-order chi connectivity index (χ1) is 13.3. The van der Waals surface area contributed by atoms with E-state index in [1.165, 1.54) is 26.8 Å². The van der Waals surface area contributed by atoms with Crippen LogP contribution in [0.4, 0.5) is 4.39 Å². The van der Waals surface area contributed by atoms with Crippen LogP contribution in [0.25, 0.3) is 10.9 Å². The van der Waals surface area contributed by atoms with Gasteiger partial charge in [-0.25, -0.2) is 4.39 Å². The number of hydrogen-bond donors (Lipinski definition) is 0. The smallest absolute Gasteiger partial charge is 0.303 e. The number of benzene rings is 1. The molecule has 0 aliphatic carbocycles. The maximum Gasteiger partial charge on any atom is 0.303 e. The van der Waals surface area contributed by atoms with E-state index in [2.05, 4.69) is 0 Å². The van der Waals surface area contributed by atoms with Gasteiger partial charge in [0.1, 0.15) is 5.82 Å². The van der Waals surface area contributed by atoms with Gasteiger partial charge < -0.3 is 23.5 Å². The molecule has 2 aromatic rings. The number of carbonyl (C=O) groups excluding carboxylic acids is 3. The molecule has 1 aromatic carbocycles. The Kier molecular flexibility index (Phi) is 5.64. The van der Waals surface area contributed by atoms with E-state index in [0.717, 1.165) is 0 Å². The summed E-state index contributed by atoms with van der Waals surface area (Å²) in [6.45, 7) is 3.50. The number of rotatable bonds is 4. The average Bonchev–Trinajstić information content (AvgIpc) is 3.02. The summed E-state index contributed by atoms with van der Waals surface area (Å²) in [4.78, 5) is 34.8. The lowest BCUT2D eigenvalue weighted by Crippen LogP contribution is -2.55. The van der Waals surface area contributed by atoms with Crippen LogP contribution in [0.2, 0.25) is 0 Å². The van der Waals surface area contributed by atoms with Crippen molar-refractivity contribution in [2.45, 2.75) is 45.3 Å². The van der Waals surface area contributed by atoms with Gasteiger partial charge in [0.15, 0.2) is 24.5 Å². The third-order valence-corrected chi connectivity index (χ3v) is 4.31. The molecule has 0 saturated carbocycles. The van der Waals surface area contributed by atoms with Crippen molar-refractivity contribution in [3.8, 4) is 0 Å². The minimum Gasteiger partial charge on any atom is -0.456 e. The van der Waals surface area contributed by atoms with Crippen LogP contribution < -0.4 is 0 Å². The van der Waals surface area contributed by atoms with Crippen LogP contribution in [-0.2, 0) is 33.3 Å². The van der Waals surface area contributed by atoms with Gasteiger partial charge in [-0.1, -0.05) is 6.07 Å². The summed E-state index contributed by atoms with van der Waals surface area (Å²) >= 11 is 0. The number of carbonyl (C=O) groups is 3. The zero-order valence-electron chi connectivity index (χ0n) is 15.6. The first-order valence-electron chi connectivity index (χ1n) is 8.66. The highest BCUT2D eigenvalue weighted by Crippen LogP contribution is 2.33. The van der Waals surface area contributed by atoms with Crippen LogP contribution >= 0.6 is 0 Å². The molecule has 0 bridgehead atoms. The van der Waals surface area contributed by atoms with Gasteiger partial charge >= 0.3 is 17.9 Å². The first-order valence-corrected chi connectivity index (χ1v) is 8.66. The molecule has 0 N–H and O–H groups in total. The number of esters is 3. The molecule has 4 atom stereocenters. The maximum absolute atomic E-state index is 14.1. The minimum absolute atomic E-state index is 0.102. The molecule has 150 valence electrons. The van der Waals surface area contributed by atoms with Crippen LogP contribution in [-0.4, -0.2) is 47.4 Å². The van der Waals surface area contributed by atoms with Gasteiger partial charge in [-0.2, -0.15) is 0 Å². The standard InChI is InChI=1S/C19H20FNO7/c1-10(22)26-16-9-25-19(18(28-12(3)24)17(16)27-11(2)23)21-8-7-13-14(20)5-4-6-15(13)21/h4-8,16-19H,9H2,1-3H3/t16-,17+,18-,19-/m1/s1. The lowest BCUT2D eigenvalue weighted by molar-refractivity contribution is -0.239. The van der Waals surface area contributed by atoms with E-state index in [1.807, 2.05) is 0 Å². The monoisotopic (exact) mass is 393 g/mol. The van der Waals surface area contributed by atoms with Gasteiger partial charge in [0.05, 0.1) is 12.1 Å². The van der Waals surface area contributed by atoms with Gasteiger partial charge in [0.2, 0.25) is 0 Å². The molecule has 1 aromatic heterocycles. The molecule has 2 heterocycles. The molecule has 0 amide bonds. The molecule has 8 nitrogen and oxygen atoms in total. The Morgan fingerprint density at radius 2 is 1.64 bits per heavy atom. The Balaban J connectivity index is 2.03. The number of halogens is 1. The number of aromatic nitrogens is 1. The van der Waals surface area contributed by atoms with Crippen LogP contribution in [0.5, 0.6) is 0 Å². The van der Waals surface area contributed by atoms with Gasteiger partial charge in [0, 0.05) is 32.4 Å². The first kappa shape index (κ1) is 19.8. The van der Waals surface area contributed by atoms with Gasteiger partial charge in [-0.3, -0.25) is 14.4 Å². The lowest BCUT2D eigenvalue weighted by atomic mass is 10.0. The largest absolute Gasteiger partial charge is 0.456 e. The highest BCUT2D eigenvalue weighted by molar-refractivity contribution is 5.81. The highest BCUT2D eigenvalue weighted by Gasteiger charge is 2.47. The summed E-state index contributed by atoms with van der Waals surface area (Å²) in [5, 5.41) is 0.360. The Morgan fingerprint density at radius 3 is 2.29 bits per heavy atom. The Morgan fingerprint density at radius 1 is 1.00 bits per heavy atom. The molecular formula is C19H20FNO7. The Bertz CT molecular complexity index is 909. The van der Waals surface area contributed by atoms with Crippen molar-refractivity contribution >= 4 is 28.8 Å². The zero-order chi connectivity index (χ0) is 20.4. The quantitative estimate of drug-likeness (QED) is 0.580. The van der Waals surface area contributed by atoms with Crippen LogP contribution in [0.15, 0.2) is 30.5 Å². The summed E-state index contributed by atoms with van der Waals surface area (Å²) < 4.78 is 37.3. The van der Waals surface area contributed by atoms with E-state index < -0.39 is 48.3 Å². The molecule has 0 radical (unpaired) electrons. The fourth-order valence-electron chi connectivity index (χ4n) is 3.33. The SMILES string of the molecule is CC(=O)O[C@@H]1[C@@H](OC(C)=O)[C@H](OC(C)=O)CO[C@H]1n1ccc2c(F)cccc21. The Labute approximate surface area is 160 Å². The molecule has 3 rings (SSSR count). The summed E-state index contributed by atoms with van der Waals surface area (Å²) in [7, 11) is 0. The third-order valence-electron chi connectivity index (χ3n) is 4.31. The summed E-state index contributed by atoms with van der Waals surface area (Å²) in [6, 6.07) is 6.13. The second-order valence-corrected chi connectivity index (χ2v) is 6.42. The van der Waals surface area contributed by atoms with E-state index in [9.17, 15) is 18.8 Å². The second-order valence-electron chi connectivity index (χ2n) is 6.42.